The van der Waals surface area contributed by atoms with Crippen LogP contribution >= 0.6 is 11.6 Å². The molecule has 0 N–H and O–H groups in total. The summed E-state index contributed by atoms with van der Waals surface area (Å²) in [5.74, 6) is -0.589. The van der Waals surface area contributed by atoms with E-state index in [1.54, 1.807) is 24.3 Å². The number of carbonyl (C=O) groups excluding carboxylic acids is 1. The number of hydrogen-bond acceptors (Lipinski definition) is 4. The van der Waals surface area contributed by atoms with Gasteiger partial charge in [-0.2, -0.15) is 18.3 Å². The van der Waals surface area contributed by atoms with E-state index in [4.69, 9.17) is 11.6 Å². The number of anilines is 1. The number of alkyl halides is 3. The van der Waals surface area contributed by atoms with Crippen LogP contribution in [0, 0.1) is 5.82 Å². The molecule has 5 nitrogen and oxygen atoms in total. The maximum Gasteiger partial charge on any atom is 0.431 e. The Morgan fingerprint density at radius 2 is 1.74 bits per heavy atom. The average molecular weight is 497 g/mol. The molecule has 0 aliphatic carbocycles. The number of nitrogens with zero attached hydrogens (tertiary/aromatic N) is 4. The maximum atomic E-state index is 13.3. The monoisotopic (exact) mass is 496 g/mol. The lowest BCUT2D eigenvalue weighted by Crippen LogP contribution is -2.24. The number of likely N-dealkylation sites (tertiary alicyclic amines) is 1. The van der Waals surface area contributed by atoms with Crippen molar-refractivity contribution < 1.29 is 22.4 Å². The summed E-state index contributed by atoms with van der Waals surface area (Å²) >= 11 is 5.73. The van der Waals surface area contributed by atoms with E-state index in [0.717, 1.165) is 11.6 Å². The SMILES string of the molecule is CN1CCCCC1.O=CN(Cc1ccc(C2=NN=C(C(F)(F)F)C2)cc1)c1ccc(F)c(Cl)c1. The predicted molar refractivity (Wildman–Crippen MR) is 126 cm³/mol. The first-order valence-electron chi connectivity index (χ1n) is 10.8. The zero-order chi connectivity index (χ0) is 24.7. The van der Waals surface area contributed by atoms with Crippen LogP contribution in [0.1, 0.15) is 36.8 Å². The molecule has 4 rings (SSSR count). The summed E-state index contributed by atoms with van der Waals surface area (Å²) in [5.41, 5.74) is 0.961. The van der Waals surface area contributed by atoms with Gasteiger partial charge in [-0.15, -0.1) is 5.10 Å². The van der Waals surface area contributed by atoms with E-state index in [1.165, 1.54) is 49.4 Å². The van der Waals surface area contributed by atoms with Crippen LogP contribution in [-0.2, 0) is 11.3 Å². The Hall–Kier alpha value is -2.78. The van der Waals surface area contributed by atoms with Crippen molar-refractivity contribution >= 4 is 35.1 Å². The Kier molecular flexibility index (Phi) is 8.79. The van der Waals surface area contributed by atoms with Crippen molar-refractivity contribution in [3.05, 3.63) is 64.4 Å². The number of hydrogen-bond donors (Lipinski definition) is 0. The molecule has 2 aromatic rings. The first-order valence-corrected chi connectivity index (χ1v) is 11.2. The van der Waals surface area contributed by atoms with Crippen LogP contribution in [0.2, 0.25) is 5.02 Å². The second kappa shape index (κ2) is 11.6. The van der Waals surface area contributed by atoms with E-state index in [1.807, 2.05) is 0 Å². The van der Waals surface area contributed by atoms with E-state index < -0.39 is 17.7 Å². The summed E-state index contributed by atoms with van der Waals surface area (Å²) in [5, 5.41) is 6.68. The van der Waals surface area contributed by atoms with Crippen molar-refractivity contribution in [3.63, 3.8) is 0 Å². The predicted octanol–water partition coefficient (Wildman–Crippen LogP) is 5.86. The number of piperidine rings is 1. The lowest BCUT2D eigenvalue weighted by atomic mass is 10.0. The van der Waals surface area contributed by atoms with Crippen LogP contribution in [0.25, 0.3) is 0 Å². The molecule has 1 amide bonds. The standard InChI is InChI=1S/C18H12ClF4N3O.C6H13N/c19-14-7-13(5-6-15(14)20)26(10-27)9-11-1-3-12(4-2-11)16-8-17(25-24-16)18(21,22)23;1-7-5-3-2-4-6-7/h1-7,10H,8-9H2;2-6H2,1H3. The van der Waals surface area contributed by atoms with Crippen LogP contribution in [0.3, 0.4) is 0 Å². The normalized spacial score (nSPS) is 16.3. The molecule has 0 radical (unpaired) electrons. The molecule has 0 aromatic heterocycles. The van der Waals surface area contributed by atoms with E-state index >= 15 is 0 Å². The fourth-order valence-corrected chi connectivity index (χ4v) is 3.75. The number of halogens is 5. The van der Waals surface area contributed by atoms with Crippen molar-refractivity contribution in [2.24, 2.45) is 10.2 Å². The molecule has 0 saturated carbocycles. The molecule has 2 aliphatic heterocycles. The highest BCUT2D eigenvalue weighted by atomic mass is 35.5. The van der Waals surface area contributed by atoms with Gasteiger partial charge in [0.25, 0.3) is 0 Å². The third-order valence-corrected chi connectivity index (χ3v) is 5.82. The van der Waals surface area contributed by atoms with Gasteiger partial charge < -0.3 is 9.80 Å². The second-order valence-electron chi connectivity index (χ2n) is 8.16. The number of benzene rings is 2. The molecule has 0 atom stereocenters. The van der Waals surface area contributed by atoms with Gasteiger partial charge in [-0.1, -0.05) is 42.3 Å². The van der Waals surface area contributed by atoms with Gasteiger partial charge in [0.15, 0.2) is 0 Å². The average Bonchev–Trinajstić information content (AvgIpc) is 3.32. The van der Waals surface area contributed by atoms with Gasteiger partial charge in [0, 0.05) is 12.1 Å². The van der Waals surface area contributed by atoms with Gasteiger partial charge >= 0.3 is 6.18 Å². The molecule has 34 heavy (non-hydrogen) atoms. The Labute approximate surface area is 200 Å². The van der Waals surface area contributed by atoms with Gasteiger partial charge in [-0.25, -0.2) is 4.39 Å². The Morgan fingerprint density at radius 1 is 1.06 bits per heavy atom. The third-order valence-electron chi connectivity index (χ3n) is 5.54. The summed E-state index contributed by atoms with van der Waals surface area (Å²) in [4.78, 5) is 15.1. The molecule has 1 fully saturated rings. The van der Waals surface area contributed by atoms with Crippen molar-refractivity contribution in [2.75, 3.05) is 25.0 Å². The van der Waals surface area contributed by atoms with E-state index in [0.29, 0.717) is 17.7 Å². The molecule has 2 aliphatic rings. The molecular weight excluding hydrogens is 472 g/mol. The highest BCUT2D eigenvalue weighted by Gasteiger charge is 2.38. The smallest absolute Gasteiger partial charge is 0.311 e. The zero-order valence-electron chi connectivity index (χ0n) is 18.7. The molecular formula is C24H25ClF4N4O. The lowest BCUT2D eigenvalue weighted by Gasteiger charge is -2.20. The summed E-state index contributed by atoms with van der Waals surface area (Å²) in [6.45, 7) is 2.82. The number of carbonyl (C=O) groups is 1. The molecule has 1 saturated heterocycles. The molecule has 2 heterocycles. The van der Waals surface area contributed by atoms with Crippen LogP contribution < -0.4 is 4.90 Å². The fraction of sp³-hybridized carbons (Fsp3) is 0.375. The first-order chi connectivity index (χ1) is 16.2. The minimum Gasteiger partial charge on any atom is -0.311 e. The van der Waals surface area contributed by atoms with Crippen LogP contribution in [0.4, 0.5) is 23.2 Å². The topological polar surface area (TPSA) is 48.3 Å². The van der Waals surface area contributed by atoms with E-state index in [2.05, 4.69) is 22.2 Å². The van der Waals surface area contributed by atoms with Gasteiger partial charge in [0.2, 0.25) is 6.41 Å². The lowest BCUT2D eigenvalue weighted by molar-refractivity contribution is -0.107. The molecule has 0 unspecified atom stereocenters. The Bertz CT molecular complexity index is 1050. The van der Waals surface area contributed by atoms with Crippen LogP contribution in [0.15, 0.2) is 52.7 Å². The highest BCUT2D eigenvalue weighted by Crippen LogP contribution is 2.26. The second-order valence-corrected chi connectivity index (χ2v) is 8.57. The van der Waals surface area contributed by atoms with E-state index in [-0.39, 0.29) is 23.7 Å². The molecule has 182 valence electrons. The summed E-state index contributed by atoms with van der Waals surface area (Å²) in [6, 6.07) is 10.5. The molecule has 10 heteroatoms. The molecule has 0 bridgehead atoms. The summed E-state index contributed by atoms with van der Waals surface area (Å²) < 4.78 is 51.2. The van der Waals surface area contributed by atoms with Gasteiger partial charge in [-0.05, 0) is 62.3 Å². The summed E-state index contributed by atoms with van der Waals surface area (Å²) in [6.07, 6.45) is -0.0111. The van der Waals surface area contributed by atoms with Gasteiger partial charge in [-0.3, -0.25) is 4.79 Å². The van der Waals surface area contributed by atoms with Gasteiger partial charge in [0.05, 0.1) is 17.3 Å². The quantitative estimate of drug-likeness (QED) is 0.385. The largest absolute Gasteiger partial charge is 0.431 e. The molecule has 2 aromatic carbocycles. The first kappa shape index (κ1) is 25.8. The maximum absolute atomic E-state index is 13.3. The van der Waals surface area contributed by atoms with E-state index in [9.17, 15) is 22.4 Å². The number of rotatable bonds is 5. The van der Waals surface area contributed by atoms with Crippen molar-refractivity contribution in [1.29, 1.82) is 0 Å². The highest BCUT2D eigenvalue weighted by molar-refractivity contribution is 6.31. The summed E-state index contributed by atoms with van der Waals surface area (Å²) in [7, 11) is 2.19. The third kappa shape index (κ3) is 7.11. The van der Waals surface area contributed by atoms with Crippen molar-refractivity contribution in [2.45, 2.75) is 38.4 Å². The Morgan fingerprint density at radius 3 is 2.24 bits per heavy atom. The minimum absolute atomic E-state index is 0.102. The van der Waals surface area contributed by atoms with Crippen molar-refractivity contribution in [3.8, 4) is 0 Å². The zero-order valence-corrected chi connectivity index (χ0v) is 19.4. The van der Waals surface area contributed by atoms with Crippen LogP contribution in [-0.4, -0.2) is 49.0 Å². The number of amides is 1. The van der Waals surface area contributed by atoms with Crippen molar-refractivity contribution in [1.82, 2.24) is 4.90 Å². The van der Waals surface area contributed by atoms with Gasteiger partial charge in [0.1, 0.15) is 11.5 Å². The minimum atomic E-state index is -4.49. The molecule has 0 spiro atoms. The Balaban J connectivity index is 0.000000396. The van der Waals surface area contributed by atoms with Crippen LogP contribution in [0.5, 0.6) is 0 Å². The fourth-order valence-electron chi connectivity index (χ4n) is 3.57.